The maximum Gasteiger partial charge on any atom is 0.408 e. The molecule has 0 saturated heterocycles. The molecule has 18 nitrogen and oxygen atoms in total. The van der Waals surface area contributed by atoms with Crippen molar-refractivity contribution in [2.24, 2.45) is 22.7 Å². The lowest BCUT2D eigenvalue weighted by atomic mass is 9.44. The van der Waals surface area contributed by atoms with Crippen molar-refractivity contribution in [3.63, 3.8) is 0 Å². The number of amides is 2. The van der Waals surface area contributed by atoms with E-state index in [0.29, 0.717) is 12.0 Å². The summed E-state index contributed by atoms with van der Waals surface area (Å²) in [6.07, 6.45) is -2.50. The zero-order valence-electron chi connectivity index (χ0n) is 25.0. The van der Waals surface area contributed by atoms with E-state index >= 15 is 4.39 Å². The Labute approximate surface area is 261 Å². The molecule has 4 aliphatic rings. The number of hydrogen-bond acceptors (Lipinski definition) is 16. The van der Waals surface area contributed by atoms with E-state index in [-0.39, 0.29) is 31.6 Å². The third-order valence-electron chi connectivity index (χ3n) is 10.1. The van der Waals surface area contributed by atoms with Crippen molar-refractivity contribution >= 4 is 23.6 Å². The molecule has 0 aromatic heterocycles. The molecule has 0 bridgehead atoms. The number of nitrogens with one attached hydrogen (secondary N) is 2. The molecular formula is C27H39FN4O14. The minimum absolute atomic E-state index is 0.161. The van der Waals surface area contributed by atoms with Crippen LogP contribution in [0.15, 0.2) is 23.8 Å². The standard InChI is InChI=1S/C27H39FN4O14/c1-24-7-5-15(33)9-14(24)3-4-16-17-10-18(34)27(39,25(17,2)11-19(35)26(16,24)28)20(36)13-44-23(38)30-12-21(37)29-8-6-22(45-31(40)41)46-32(42)43/h5,7,9,16-19,22,34-35,39-43H,3-4,6,8,10-13H2,1-2H3,(H,29,37)(H,30,38)/t16-,17-,18+,19-,24-,25-,26-,27-/m0/s1. The lowest BCUT2D eigenvalue weighted by Gasteiger charge is -2.62. The van der Waals surface area contributed by atoms with Crippen molar-refractivity contribution < 1.29 is 74.1 Å². The highest BCUT2D eigenvalue weighted by atomic mass is 19.1. The molecule has 0 aliphatic heterocycles. The van der Waals surface area contributed by atoms with Crippen molar-refractivity contribution in [2.75, 3.05) is 19.7 Å². The van der Waals surface area contributed by atoms with Gasteiger partial charge in [-0.15, -0.1) is 0 Å². The fraction of sp³-hybridized carbons (Fsp3) is 0.704. The third-order valence-corrected chi connectivity index (χ3v) is 10.1. The first-order valence-electron chi connectivity index (χ1n) is 14.5. The first-order valence-corrected chi connectivity index (χ1v) is 14.5. The van der Waals surface area contributed by atoms with Crippen LogP contribution in [-0.2, 0) is 28.8 Å². The molecule has 2 amide bonds. The Morgan fingerprint density at radius 1 is 1.07 bits per heavy atom. The number of alkyl carbamates (subject to hydrolysis) is 1. The predicted octanol–water partition coefficient (Wildman–Crippen LogP) is -0.789. The summed E-state index contributed by atoms with van der Waals surface area (Å²) >= 11 is 0. The Bertz CT molecular complexity index is 1270. The van der Waals surface area contributed by atoms with Gasteiger partial charge in [-0.1, -0.05) is 18.6 Å². The molecular weight excluding hydrogens is 623 g/mol. The number of aliphatic hydroxyl groups is 3. The van der Waals surface area contributed by atoms with Crippen molar-refractivity contribution in [3.05, 3.63) is 23.8 Å². The monoisotopic (exact) mass is 662 g/mol. The van der Waals surface area contributed by atoms with Crippen LogP contribution in [0.4, 0.5) is 9.18 Å². The molecule has 0 unspecified atom stereocenters. The summed E-state index contributed by atoms with van der Waals surface area (Å²) in [5, 5.41) is 71.5. The zero-order chi connectivity index (χ0) is 34.2. The zero-order valence-corrected chi connectivity index (χ0v) is 25.0. The van der Waals surface area contributed by atoms with Crippen molar-refractivity contribution in [3.8, 4) is 0 Å². The minimum Gasteiger partial charge on any atom is -0.441 e. The highest BCUT2D eigenvalue weighted by molar-refractivity contribution is 6.01. The second kappa shape index (κ2) is 13.3. The van der Waals surface area contributed by atoms with E-state index in [0.717, 1.165) is 0 Å². The van der Waals surface area contributed by atoms with E-state index in [1.165, 1.54) is 25.2 Å². The lowest BCUT2D eigenvalue weighted by Crippen LogP contribution is -2.69. The van der Waals surface area contributed by atoms with Crippen molar-refractivity contribution in [1.82, 2.24) is 21.4 Å². The number of allylic oxidation sites excluding steroid dienone is 4. The SMILES string of the molecule is C[C@]12C=CC(=O)C=C1CC[C@H]1[C@@H]3C[C@@H](O)[C@](O)(C(=O)COC(=O)NCC(=O)NCCC(ON(O)O)ON(O)O)[C@@]3(C)C[C@H](O)[C@@]12F. The Kier molecular flexibility index (Phi) is 10.4. The number of aliphatic hydroxyl groups excluding tert-OH is 2. The van der Waals surface area contributed by atoms with Crippen molar-refractivity contribution in [2.45, 2.75) is 75.7 Å². The van der Waals surface area contributed by atoms with Gasteiger partial charge in [-0.25, -0.2) is 18.9 Å². The molecule has 258 valence electrons. The second-order valence-corrected chi connectivity index (χ2v) is 12.4. The topological polar surface area (TPSA) is 268 Å². The van der Waals surface area contributed by atoms with E-state index in [1.54, 1.807) is 6.92 Å². The smallest absolute Gasteiger partial charge is 0.408 e. The number of alkyl halides is 1. The van der Waals surface area contributed by atoms with Gasteiger partial charge in [0.15, 0.2) is 23.7 Å². The summed E-state index contributed by atoms with van der Waals surface area (Å²) in [6.45, 7) is 1.14. The number of ether oxygens (including phenoxy) is 1. The average molecular weight is 663 g/mol. The van der Waals surface area contributed by atoms with Gasteiger partial charge in [0.2, 0.25) is 18.0 Å². The number of carbonyl (C=O) groups excluding carboxylic acids is 4. The van der Waals surface area contributed by atoms with Gasteiger partial charge < -0.3 is 30.7 Å². The quantitative estimate of drug-likeness (QED) is 0.0915. The number of nitrogens with zero attached hydrogens (tertiary/aromatic N) is 2. The number of ketones is 2. The van der Waals surface area contributed by atoms with Crippen LogP contribution >= 0.6 is 0 Å². The highest BCUT2D eigenvalue weighted by Gasteiger charge is 2.76. The van der Waals surface area contributed by atoms with E-state index < -0.39 is 101 Å². The van der Waals surface area contributed by atoms with E-state index in [1.807, 2.05) is 0 Å². The van der Waals surface area contributed by atoms with Crippen LogP contribution in [0.1, 0.15) is 46.0 Å². The number of halogens is 1. The summed E-state index contributed by atoms with van der Waals surface area (Å²) in [6, 6.07) is 0. The maximum atomic E-state index is 17.2. The molecule has 4 rings (SSSR count). The fourth-order valence-electron chi connectivity index (χ4n) is 7.90. The Morgan fingerprint density at radius 2 is 1.72 bits per heavy atom. The Hall–Kier alpha value is -2.95. The summed E-state index contributed by atoms with van der Waals surface area (Å²) in [7, 11) is 0. The van der Waals surface area contributed by atoms with Gasteiger partial charge in [-0.2, -0.15) is 0 Å². The van der Waals surface area contributed by atoms with E-state index in [2.05, 4.69) is 20.3 Å². The van der Waals surface area contributed by atoms with Gasteiger partial charge in [-0.05, 0) is 50.7 Å². The first kappa shape index (κ1) is 35.9. The van der Waals surface area contributed by atoms with Gasteiger partial charge in [0.05, 0.1) is 29.5 Å². The lowest BCUT2D eigenvalue weighted by molar-refractivity contribution is -0.584. The predicted molar refractivity (Wildman–Crippen MR) is 143 cm³/mol. The van der Waals surface area contributed by atoms with Crippen LogP contribution < -0.4 is 10.6 Å². The molecule has 4 aliphatic carbocycles. The molecule has 9 N–H and O–H groups in total. The van der Waals surface area contributed by atoms with Crippen LogP contribution in [-0.4, -0.2) is 120 Å². The van der Waals surface area contributed by atoms with Crippen LogP contribution in [0, 0.1) is 22.7 Å². The van der Waals surface area contributed by atoms with E-state index in [9.17, 15) is 34.5 Å². The van der Waals surface area contributed by atoms with Gasteiger partial charge in [-0.3, -0.25) is 35.2 Å². The summed E-state index contributed by atoms with van der Waals surface area (Å²) in [5.74, 6) is -3.79. The van der Waals surface area contributed by atoms with Gasteiger partial charge in [0.25, 0.3) is 0 Å². The first-order chi connectivity index (χ1) is 21.4. The van der Waals surface area contributed by atoms with Crippen LogP contribution in [0.25, 0.3) is 0 Å². The second-order valence-electron chi connectivity index (χ2n) is 12.4. The fourth-order valence-corrected chi connectivity index (χ4v) is 7.90. The van der Waals surface area contributed by atoms with Crippen molar-refractivity contribution in [1.29, 1.82) is 0 Å². The maximum absolute atomic E-state index is 17.2. The molecule has 8 atom stereocenters. The molecule has 0 aromatic rings. The molecule has 3 saturated carbocycles. The van der Waals surface area contributed by atoms with Gasteiger partial charge >= 0.3 is 6.09 Å². The molecule has 0 radical (unpaired) electrons. The number of fused-ring (bicyclic) bond motifs is 5. The normalized spacial score (nSPS) is 36.6. The Morgan fingerprint density at radius 3 is 2.35 bits per heavy atom. The molecule has 46 heavy (non-hydrogen) atoms. The summed E-state index contributed by atoms with van der Waals surface area (Å²) < 4.78 is 22.1. The molecule has 3 fully saturated rings. The van der Waals surface area contributed by atoms with Gasteiger partial charge in [0.1, 0.15) is 0 Å². The van der Waals surface area contributed by atoms with Crippen LogP contribution in [0.3, 0.4) is 0 Å². The third kappa shape index (κ3) is 6.20. The van der Waals surface area contributed by atoms with Crippen LogP contribution in [0.5, 0.6) is 0 Å². The number of Topliss-reactive ketones (excluding diaryl/α,β-unsaturated/α-hetero) is 1. The molecule has 0 heterocycles. The number of rotatable bonds is 12. The van der Waals surface area contributed by atoms with E-state index in [4.69, 9.17) is 25.6 Å². The number of carbonyl (C=O) groups is 4. The molecule has 19 heteroatoms. The average Bonchev–Trinajstić information content (AvgIpc) is 3.16. The minimum atomic E-state index is -2.51. The molecule has 0 spiro atoms. The highest BCUT2D eigenvalue weighted by Crippen LogP contribution is 2.69. The summed E-state index contributed by atoms with van der Waals surface area (Å²) in [4.78, 5) is 58.1. The summed E-state index contributed by atoms with van der Waals surface area (Å²) in [5.41, 5.74) is -7.03. The number of hydrogen-bond donors (Lipinski definition) is 9. The van der Waals surface area contributed by atoms with Gasteiger partial charge in [0, 0.05) is 29.7 Å². The molecule has 0 aromatic carbocycles. The van der Waals surface area contributed by atoms with Crippen LogP contribution in [0.2, 0.25) is 0 Å². The Balaban J connectivity index is 1.34. The largest absolute Gasteiger partial charge is 0.441 e.